The van der Waals surface area contributed by atoms with E-state index in [9.17, 15) is 13.5 Å². The molecule has 2 rings (SSSR count). The molecule has 0 spiro atoms. The van der Waals surface area contributed by atoms with Crippen molar-refractivity contribution in [2.24, 2.45) is 0 Å². The van der Waals surface area contributed by atoms with Crippen molar-refractivity contribution in [3.63, 3.8) is 0 Å². The Hall–Kier alpha value is -1.35. The first kappa shape index (κ1) is 16.0. The van der Waals surface area contributed by atoms with Crippen molar-refractivity contribution in [3.05, 3.63) is 18.2 Å². The van der Waals surface area contributed by atoms with Crippen LogP contribution in [-0.4, -0.2) is 46.0 Å². The van der Waals surface area contributed by atoms with Gasteiger partial charge < -0.3 is 20.3 Å². The van der Waals surface area contributed by atoms with E-state index in [1.54, 1.807) is 0 Å². The quantitative estimate of drug-likeness (QED) is 0.664. The van der Waals surface area contributed by atoms with E-state index in [2.05, 4.69) is 4.72 Å². The lowest BCUT2D eigenvalue weighted by atomic mass is 9.95. The highest BCUT2D eigenvalue weighted by molar-refractivity contribution is 7.89. The summed E-state index contributed by atoms with van der Waals surface area (Å²) in [5, 5.41) is 10.3. The maximum Gasteiger partial charge on any atom is 0.242 e. The molecule has 1 aromatic rings. The average Bonchev–Trinajstić information content (AvgIpc) is 2.46. The van der Waals surface area contributed by atoms with E-state index < -0.39 is 15.6 Å². The molecule has 0 aliphatic carbocycles. The molecule has 1 aliphatic heterocycles. The zero-order valence-corrected chi connectivity index (χ0v) is 12.6. The number of nitrogen functional groups attached to an aromatic ring is 1. The van der Waals surface area contributed by atoms with Crippen LogP contribution in [0.1, 0.15) is 12.8 Å². The van der Waals surface area contributed by atoms with Gasteiger partial charge in [-0.3, -0.25) is 0 Å². The predicted molar refractivity (Wildman–Crippen MR) is 77.6 cm³/mol. The van der Waals surface area contributed by atoms with Crippen molar-refractivity contribution in [1.29, 1.82) is 0 Å². The number of nitrogens with two attached hydrogens (primary N) is 1. The van der Waals surface area contributed by atoms with Gasteiger partial charge in [0.15, 0.2) is 0 Å². The monoisotopic (exact) mass is 316 g/mol. The molecule has 4 N–H and O–H groups in total. The highest BCUT2D eigenvalue weighted by Crippen LogP contribution is 2.25. The Morgan fingerprint density at radius 1 is 1.43 bits per heavy atom. The molecule has 118 valence electrons. The van der Waals surface area contributed by atoms with Gasteiger partial charge >= 0.3 is 0 Å². The molecule has 0 bridgehead atoms. The summed E-state index contributed by atoms with van der Waals surface area (Å²) in [6.45, 7) is 0.774. The molecule has 1 fully saturated rings. The number of ether oxygens (including phenoxy) is 2. The minimum atomic E-state index is -3.78. The van der Waals surface area contributed by atoms with E-state index in [1.165, 1.54) is 25.3 Å². The highest BCUT2D eigenvalue weighted by atomic mass is 32.2. The Balaban J connectivity index is 2.11. The number of hydrogen-bond donors (Lipinski definition) is 3. The van der Waals surface area contributed by atoms with E-state index in [-0.39, 0.29) is 17.1 Å². The molecule has 0 radical (unpaired) electrons. The molecule has 0 saturated carbocycles. The first-order valence-electron chi connectivity index (χ1n) is 6.60. The van der Waals surface area contributed by atoms with Crippen LogP contribution in [0.2, 0.25) is 0 Å². The Bertz CT molecular complexity index is 597. The summed E-state index contributed by atoms with van der Waals surface area (Å²) in [5.74, 6) is 0.481. The maximum absolute atomic E-state index is 12.3. The summed E-state index contributed by atoms with van der Waals surface area (Å²) in [6.07, 6.45) is 0.793. The molecular weight excluding hydrogens is 296 g/mol. The van der Waals surface area contributed by atoms with Gasteiger partial charge in [0.2, 0.25) is 10.0 Å². The maximum atomic E-state index is 12.3. The molecule has 0 aromatic heterocycles. The fraction of sp³-hybridized carbons (Fsp3) is 0.538. The van der Waals surface area contributed by atoms with Gasteiger partial charge in [-0.15, -0.1) is 0 Å². The fourth-order valence-corrected chi connectivity index (χ4v) is 3.36. The van der Waals surface area contributed by atoms with Crippen molar-refractivity contribution in [1.82, 2.24) is 4.72 Å². The van der Waals surface area contributed by atoms with Gasteiger partial charge in [-0.25, -0.2) is 13.1 Å². The van der Waals surface area contributed by atoms with Gasteiger partial charge in [0.25, 0.3) is 0 Å². The standard InChI is InChI=1S/C13H20N2O5S/c1-19-10-2-3-12(11(14)8-10)21(17,18)15-9-13(16)4-6-20-7-5-13/h2-3,8,15-16H,4-7,9,14H2,1H3. The minimum absolute atomic E-state index is 0.0287. The number of benzene rings is 1. The van der Waals surface area contributed by atoms with Crippen LogP contribution in [0.25, 0.3) is 0 Å². The van der Waals surface area contributed by atoms with Crippen LogP contribution in [0.3, 0.4) is 0 Å². The van der Waals surface area contributed by atoms with E-state index in [0.717, 1.165) is 0 Å². The molecule has 7 nitrogen and oxygen atoms in total. The van der Waals surface area contributed by atoms with Crippen molar-refractivity contribution in [3.8, 4) is 5.75 Å². The first-order valence-corrected chi connectivity index (χ1v) is 8.08. The second kappa shape index (κ2) is 6.18. The summed E-state index contributed by atoms with van der Waals surface area (Å²) >= 11 is 0. The van der Waals surface area contributed by atoms with Gasteiger partial charge in [-0.1, -0.05) is 0 Å². The normalized spacial score (nSPS) is 18.4. The summed E-state index contributed by atoms with van der Waals surface area (Å²) in [6, 6.07) is 4.34. The topological polar surface area (TPSA) is 111 Å². The Labute approximate surface area is 124 Å². The smallest absolute Gasteiger partial charge is 0.242 e. The Morgan fingerprint density at radius 2 is 2.10 bits per heavy atom. The van der Waals surface area contributed by atoms with E-state index in [1.807, 2.05) is 0 Å². The largest absolute Gasteiger partial charge is 0.497 e. The van der Waals surface area contributed by atoms with E-state index in [0.29, 0.717) is 31.8 Å². The number of hydrogen-bond acceptors (Lipinski definition) is 6. The molecule has 0 atom stereocenters. The molecule has 0 amide bonds. The van der Waals surface area contributed by atoms with E-state index >= 15 is 0 Å². The summed E-state index contributed by atoms with van der Waals surface area (Å²) in [5.41, 5.74) is 4.76. The number of anilines is 1. The van der Waals surface area contributed by atoms with Crippen LogP contribution in [0.5, 0.6) is 5.75 Å². The van der Waals surface area contributed by atoms with Gasteiger partial charge in [0.1, 0.15) is 10.6 Å². The summed E-state index contributed by atoms with van der Waals surface area (Å²) in [4.78, 5) is -0.0287. The van der Waals surface area contributed by atoms with Crippen molar-refractivity contribution < 1.29 is 23.0 Å². The summed E-state index contributed by atoms with van der Waals surface area (Å²) < 4.78 is 37.1. The van der Waals surface area contributed by atoms with Crippen molar-refractivity contribution >= 4 is 15.7 Å². The molecule has 1 aromatic carbocycles. The summed E-state index contributed by atoms with van der Waals surface area (Å²) in [7, 11) is -2.31. The SMILES string of the molecule is COc1ccc(S(=O)(=O)NCC2(O)CCOCC2)c(N)c1. The molecule has 1 saturated heterocycles. The number of sulfonamides is 1. The van der Waals surface area contributed by atoms with Gasteiger partial charge in [-0.2, -0.15) is 0 Å². The Kier molecular flexibility index (Phi) is 4.72. The van der Waals surface area contributed by atoms with Crippen molar-refractivity contribution in [2.75, 3.05) is 32.6 Å². The predicted octanol–water partition coefficient (Wildman–Crippen LogP) is 0.0972. The van der Waals surface area contributed by atoms with Gasteiger partial charge in [0.05, 0.1) is 18.4 Å². The van der Waals surface area contributed by atoms with Crippen LogP contribution in [0, 0.1) is 0 Å². The minimum Gasteiger partial charge on any atom is -0.497 e. The van der Waals surface area contributed by atoms with Gasteiger partial charge in [-0.05, 0) is 12.1 Å². The van der Waals surface area contributed by atoms with E-state index in [4.69, 9.17) is 15.2 Å². The zero-order valence-electron chi connectivity index (χ0n) is 11.8. The number of nitrogens with one attached hydrogen (secondary N) is 1. The third-order valence-electron chi connectivity index (χ3n) is 3.52. The van der Waals surface area contributed by atoms with Gasteiger partial charge in [0, 0.05) is 38.7 Å². The lowest BCUT2D eigenvalue weighted by Crippen LogP contribution is -2.46. The molecular formula is C13H20N2O5S. The lowest BCUT2D eigenvalue weighted by Gasteiger charge is -2.32. The van der Waals surface area contributed by atoms with Crippen LogP contribution in [0.15, 0.2) is 23.1 Å². The number of methoxy groups -OCH3 is 1. The van der Waals surface area contributed by atoms with Crippen LogP contribution in [0.4, 0.5) is 5.69 Å². The second-order valence-electron chi connectivity index (χ2n) is 5.07. The van der Waals surface area contributed by atoms with Crippen LogP contribution < -0.4 is 15.2 Å². The average molecular weight is 316 g/mol. The lowest BCUT2D eigenvalue weighted by molar-refractivity contribution is -0.0588. The number of rotatable bonds is 5. The number of aliphatic hydroxyl groups is 1. The third-order valence-corrected chi connectivity index (χ3v) is 5.00. The van der Waals surface area contributed by atoms with Crippen LogP contribution in [-0.2, 0) is 14.8 Å². The molecule has 8 heteroatoms. The molecule has 1 aliphatic rings. The first-order chi connectivity index (χ1) is 9.86. The second-order valence-corrected chi connectivity index (χ2v) is 6.80. The molecule has 0 unspecified atom stereocenters. The fourth-order valence-electron chi connectivity index (χ4n) is 2.13. The molecule has 1 heterocycles. The highest BCUT2D eigenvalue weighted by Gasteiger charge is 2.31. The third kappa shape index (κ3) is 3.85. The zero-order chi connectivity index (χ0) is 15.5. The van der Waals surface area contributed by atoms with Crippen LogP contribution >= 0.6 is 0 Å². The Morgan fingerprint density at radius 3 is 2.67 bits per heavy atom. The molecule has 21 heavy (non-hydrogen) atoms. The van der Waals surface area contributed by atoms with Crippen molar-refractivity contribution in [2.45, 2.75) is 23.3 Å².